The molecule has 1 rings (SSSR count). The summed E-state index contributed by atoms with van der Waals surface area (Å²) in [6.07, 6.45) is 0.563. The fourth-order valence-corrected chi connectivity index (χ4v) is 2.02. The largest absolute Gasteiger partial charge is 0.479 e. The van der Waals surface area contributed by atoms with E-state index in [1.54, 1.807) is 0 Å². The standard InChI is InChI=1S/C12H18FNO4/c1-2-8-18-12(17)14-6-3-4-9(5-7-14)10(13)11(15)16/h2,9-10H,1,3-8H2,(H,15,16). The first kappa shape index (κ1) is 14.5. The maximum Gasteiger partial charge on any atom is 0.410 e. The van der Waals surface area contributed by atoms with Crippen LogP contribution in [0, 0.1) is 5.92 Å². The Balaban J connectivity index is 2.48. The highest BCUT2D eigenvalue weighted by Gasteiger charge is 2.30. The van der Waals surface area contributed by atoms with Crippen LogP contribution in [0.25, 0.3) is 0 Å². The first-order valence-corrected chi connectivity index (χ1v) is 5.95. The molecule has 1 amide bonds. The first-order valence-electron chi connectivity index (χ1n) is 5.95. The molecule has 5 nitrogen and oxygen atoms in total. The highest BCUT2D eigenvalue weighted by atomic mass is 19.1. The van der Waals surface area contributed by atoms with Crippen molar-refractivity contribution in [2.45, 2.75) is 25.4 Å². The lowest BCUT2D eigenvalue weighted by atomic mass is 9.95. The summed E-state index contributed by atoms with van der Waals surface area (Å²) >= 11 is 0. The summed E-state index contributed by atoms with van der Waals surface area (Å²) in [5.74, 6) is -1.96. The van der Waals surface area contributed by atoms with Gasteiger partial charge in [0.2, 0.25) is 0 Å². The van der Waals surface area contributed by atoms with Crippen molar-refractivity contribution in [2.75, 3.05) is 19.7 Å². The van der Waals surface area contributed by atoms with Gasteiger partial charge in [0.05, 0.1) is 0 Å². The van der Waals surface area contributed by atoms with Crippen molar-refractivity contribution in [3.63, 3.8) is 0 Å². The summed E-state index contributed by atoms with van der Waals surface area (Å²) < 4.78 is 18.3. The van der Waals surface area contributed by atoms with Crippen molar-refractivity contribution in [3.8, 4) is 0 Å². The third kappa shape index (κ3) is 4.01. The van der Waals surface area contributed by atoms with Gasteiger partial charge in [-0.1, -0.05) is 12.7 Å². The van der Waals surface area contributed by atoms with Gasteiger partial charge in [0.1, 0.15) is 6.61 Å². The lowest BCUT2D eigenvalue weighted by Crippen LogP contribution is -2.33. The Hall–Kier alpha value is -1.59. The molecule has 102 valence electrons. The second-order valence-corrected chi connectivity index (χ2v) is 4.28. The number of amides is 1. The average Bonchev–Trinajstić information content (AvgIpc) is 2.60. The third-order valence-electron chi connectivity index (χ3n) is 3.01. The van der Waals surface area contributed by atoms with Crippen LogP contribution in [-0.2, 0) is 9.53 Å². The number of alkyl halides is 1. The van der Waals surface area contributed by atoms with Gasteiger partial charge in [-0.3, -0.25) is 0 Å². The zero-order valence-electron chi connectivity index (χ0n) is 10.2. The van der Waals surface area contributed by atoms with Crippen LogP contribution in [0.2, 0.25) is 0 Å². The molecule has 2 unspecified atom stereocenters. The van der Waals surface area contributed by atoms with E-state index in [1.165, 1.54) is 11.0 Å². The molecule has 1 aliphatic heterocycles. The van der Waals surface area contributed by atoms with Crippen LogP contribution in [0.15, 0.2) is 12.7 Å². The van der Waals surface area contributed by atoms with Crippen LogP contribution in [0.4, 0.5) is 9.18 Å². The van der Waals surface area contributed by atoms with E-state index >= 15 is 0 Å². The van der Waals surface area contributed by atoms with Gasteiger partial charge in [-0.2, -0.15) is 0 Å². The van der Waals surface area contributed by atoms with Crippen molar-refractivity contribution in [3.05, 3.63) is 12.7 Å². The number of carbonyl (C=O) groups excluding carboxylic acids is 1. The topological polar surface area (TPSA) is 66.8 Å². The van der Waals surface area contributed by atoms with Gasteiger partial charge in [0.15, 0.2) is 6.17 Å². The number of likely N-dealkylation sites (tertiary alicyclic amines) is 1. The van der Waals surface area contributed by atoms with Gasteiger partial charge >= 0.3 is 12.1 Å². The van der Waals surface area contributed by atoms with E-state index in [0.717, 1.165) is 0 Å². The molecule has 1 aliphatic rings. The lowest BCUT2D eigenvalue weighted by Gasteiger charge is -2.19. The maximum atomic E-state index is 13.4. The Morgan fingerprint density at radius 2 is 2.22 bits per heavy atom. The smallest absolute Gasteiger partial charge is 0.410 e. The molecule has 2 atom stereocenters. The minimum atomic E-state index is -1.85. The molecule has 1 heterocycles. The number of hydrogen-bond acceptors (Lipinski definition) is 3. The van der Waals surface area contributed by atoms with Crippen LogP contribution in [0.3, 0.4) is 0 Å². The number of rotatable bonds is 4. The van der Waals surface area contributed by atoms with Crippen LogP contribution in [0.1, 0.15) is 19.3 Å². The van der Waals surface area contributed by atoms with Crippen LogP contribution in [0.5, 0.6) is 0 Å². The van der Waals surface area contributed by atoms with Gasteiger partial charge in [0, 0.05) is 19.0 Å². The molecule has 0 radical (unpaired) electrons. The van der Waals surface area contributed by atoms with Crippen LogP contribution in [-0.4, -0.2) is 47.9 Å². The number of aliphatic carboxylic acids is 1. The van der Waals surface area contributed by atoms with E-state index in [2.05, 4.69) is 6.58 Å². The van der Waals surface area contributed by atoms with Crippen molar-refractivity contribution in [2.24, 2.45) is 5.92 Å². The SMILES string of the molecule is C=CCOC(=O)N1CCCC(C(F)C(=O)O)CC1. The molecule has 0 saturated carbocycles. The second-order valence-electron chi connectivity index (χ2n) is 4.28. The summed E-state index contributed by atoms with van der Waals surface area (Å²) in [6, 6.07) is 0. The highest BCUT2D eigenvalue weighted by Crippen LogP contribution is 2.23. The normalized spacial score (nSPS) is 21.8. The molecule has 18 heavy (non-hydrogen) atoms. The van der Waals surface area contributed by atoms with Gasteiger partial charge in [0.25, 0.3) is 0 Å². The lowest BCUT2D eigenvalue weighted by molar-refractivity contribution is -0.145. The van der Waals surface area contributed by atoms with Crippen LogP contribution >= 0.6 is 0 Å². The summed E-state index contributed by atoms with van der Waals surface area (Å²) in [4.78, 5) is 23.6. The summed E-state index contributed by atoms with van der Waals surface area (Å²) in [6.45, 7) is 4.38. The molecule has 1 fully saturated rings. The maximum absolute atomic E-state index is 13.4. The fraction of sp³-hybridized carbons (Fsp3) is 0.667. The van der Waals surface area contributed by atoms with Crippen molar-refractivity contribution >= 4 is 12.1 Å². The number of carboxylic acid groups (broad SMARTS) is 1. The molecular weight excluding hydrogens is 241 g/mol. The average molecular weight is 259 g/mol. The van der Waals surface area contributed by atoms with Crippen molar-refractivity contribution in [1.29, 1.82) is 0 Å². The Morgan fingerprint density at radius 1 is 1.50 bits per heavy atom. The monoisotopic (exact) mass is 259 g/mol. The number of carboxylic acids is 1. The van der Waals surface area contributed by atoms with E-state index in [9.17, 15) is 14.0 Å². The van der Waals surface area contributed by atoms with Gasteiger partial charge in [-0.05, 0) is 19.3 Å². The predicted octanol–water partition coefficient (Wildman–Crippen LogP) is 1.83. The van der Waals surface area contributed by atoms with E-state index in [4.69, 9.17) is 9.84 Å². The van der Waals surface area contributed by atoms with Crippen LogP contribution < -0.4 is 0 Å². The third-order valence-corrected chi connectivity index (χ3v) is 3.01. The molecular formula is C12H18FNO4. The number of nitrogens with zero attached hydrogens (tertiary/aromatic N) is 1. The Morgan fingerprint density at radius 3 is 2.83 bits per heavy atom. The molecule has 6 heteroatoms. The number of carbonyl (C=O) groups is 2. The minimum Gasteiger partial charge on any atom is -0.479 e. The molecule has 0 aromatic rings. The number of ether oxygens (including phenoxy) is 1. The molecule has 1 saturated heterocycles. The Labute approximate surface area is 105 Å². The summed E-state index contributed by atoms with van der Waals surface area (Å²) in [5.41, 5.74) is 0. The van der Waals surface area contributed by atoms with E-state index in [1.807, 2.05) is 0 Å². The first-order chi connectivity index (χ1) is 8.56. The molecule has 0 bridgehead atoms. The quantitative estimate of drug-likeness (QED) is 0.782. The molecule has 0 aromatic heterocycles. The van der Waals surface area contributed by atoms with Gasteiger partial charge in [-0.15, -0.1) is 0 Å². The molecule has 1 N–H and O–H groups in total. The predicted molar refractivity (Wildman–Crippen MR) is 63.0 cm³/mol. The van der Waals surface area contributed by atoms with E-state index in [0.29, 0.717) is 32.4 Å². The summed E-state index contributed by atoms with van der Waals surface area (Å²) in [7, 11) is 0. The van der Waals surface area contributed by atoms with E-state index < -0.39 is 24.2 Å². The number of hydrogen-bond donors (Lipinski definition) is 1. The molecule has 0 aliphatic carbocycles. The summed E-state index contributed by atoms with van der Waals surface area (Å²) in [5, 5.41) is 8.63. The fourth-order valence-electron chi connectivity index (χ4n) is 2.02. The van der Waals surface area contributed by atoms with Crippen molar-refractivity contribution < 1.29 is 23.8 Å². The second kappa shape index (κ2) is 6.98. The van der Waals surface area contributed by atoms with Gasteiger partial charge < -0.3 is 14.7 Å². The zero-order valence-corrected chi connectivity index (χ0v) is 10.2. The minimum absolute atomic E-state index is 0.139. The number of halogens is 1. The Kier molecular flexibility index (Phi) is 5.61. The van der Waals surface area contributed by atoms with E-state index in [-0.39, 0.29) is 6.61 Å². The van der Waals surface area contributed by atoms with Gasteiger partial charge in [-0.25, -0.2) is 14.0 Å². The van der Waals surface area contributed by atoms with Crippen molar-refractivity contribution in [1.82, 2.24) is 4.90 Å². The zero-order chi connectivity index (χ0) is 13.5. The Bertz CT molecular complexity index is 321. The highest BCUT2D eigenvalue weighted by molar-refractivity contribution is 5.72. The molecule has 0 aromatic carbocycles. The molecule has 0 spiro atoms.